The molecule has 2 fully saturated rings. The number of morpholine rings is 1. The van der Waals surface area contributed by atoms with Gasteiger partial charge in [-0.1, -0.05) is 6.07 Å². The molecule has 164 valence electrons. The average molecular weight is 444 g/mol. The Morgan fingerprint density at radius 3 is 2.41 bits per heavy atom. The standard InChI is InChI=1S/C20H33N3O4S2/c1-15-12-22(13-16(2)27-15)20(3,4)14-21-19(24)17-7-9-23(10-8-17)29(25,26)18-6-5-11-28-18/h5-6,11,15-17H,7-10,12-14H2,1-4H3,(H,21,24)/t15-,16+. The number of nitrogens with zero attached hydrogens (tertiary/aromatic N) is 2. The van der Waals surface area contributed by atoms with Gasteiger partial charge in [0.15, 0.2) is 0 Å². The lowest BCUT2D eigenvalue weighted by atomic mass is 9.95. The van der Waals surface area contributed by atoms with Gasteiger partial charge in [-0.25, -0.2) is 8.42 Å². The molecule has 0 radical (unpaired) electrons. The van der Waals surface area contributed by atoms with Crippen LogP contribution in [-0.4, -0.2) is 74.0 Å². The van der Waals surface area contributed by atoms with E-state index in [-0.39, 0.29) is 29.6 Å². The van der Waals surface area contributed by atoms with E-state index in [1.165, 1.54) is 15.6 Å². The molecule has 3 rings (SSSR count). The van der Waals surface area contributed by atoms with Gasteiger partial charge in [0.25, 0.3) is 10.0 Å². The summed E-state index contributed by atoms with van der Waals surface area (Å²) in [7, 11) is -3.43. The molecule has 0 aromatic carbocycles. The molecular formula is C20H33N3O4S2. The first-order valence-electron chi connectivity index (χ1n) is 10.3. The summed E-state index contributed by atoms with van der Waals surface area (Å²) in [6, 6.07) is 3.38. The Bertz CT molecular complexity index is 777. The molecule has 0 saturated carbocycles. The molecule has 9 heteroatoms. The van der Waals surface area contributed by atoms with Crippen molar-refractivity contribution < 1.29 is 17.9 Å². The molecule has 2 aliphatic heterocycles. The summed E-state index contributed by atoms with van der Waals surface area (Å²) >= 11 is 1.23. The molecular weight excluding hydrogens is 410 g/mol. The second kappa shape index (κ2) is 9.01. The van der Waals surface area contributed by atoms with E-state index in [4.69, 9.17) is 4.74 Å². The molecule has 1 aromatic rings. The van der Waals surface area contributed by atoms with Crippen LogP contribution in [-0.2, 0) is 19.6 Å². The molecule has 7 nitrogen and oxygen atoms in total. The fourth-order valence-electron chi connectivity index (χ4n) is 4.13. The van der Waals surface area contributed by atoms with Crippen molar-refractivity contribution >= 4 is 27.3 Å². The van der Waals surface area contributed by atoms with E-state index >= 15 is 0 Å². The average Bonchev–Trinajstić information content (AvgIpc) is 3.21. The number of thiophene rings is 1. The lowest BCUT2D eigenvalue weighted by Gasteiger charge is -2.45. The van der Waals surface area contributed by atoms with Crippen molar-refractivity contribution in [2.45, 2.75) is 62.5 Å². The number of carbonyl (C=O) groups excluding carboxylic acids is 1. The number of ether oxygens (including phenoxy) is 1. The number of sulfonamides is 1. The Hall–Kier alpha value is -1.00. The van der Waals surface area contributed by atoms with Crippen molar-refractivity contribution in [1.29, 1.82) is 0 Å². The minimum absolute atomic E-state index is 0.0283. The van der Waals surface area contributed by atoms with Crippen molar-refractivity contribution in [2.24, 2.45) is 5.92 Å². The summed E-state index contributed by atoms with van der Waals surface area (Å²) in [5.41, 5.74) is -0.162. The first-order chi connectivity index (χ1) is 13.6. The van der Waals surface area contributed by atoms with Gasteiger partial charge in [-0.2, -0.15) is 4.31 Å². The Balaban J connectivity index is 1.50. The third-order valence-corrected chi connectivity index (χ3v) is 9.16. The zero-order valence-electron chi connectivity index (χ0n) is 17.8. The number of hydrogen-bond acceptors (Lipinski definition) is 6. The fraction of sp³-hybridized carbons (Fsp3) is 0.750. The van der Waals surface area contributed by atoms with Gasteiger partial charge in [-0.05, 0) is 52.0 Å². The van der Waals surface area contributed by atoms with Crippen molar-refractivity contribution in [1.82, 2.24) is 14.5 Å². The van der Waals surface area contributed by atoms with E-state index < -0.39 is 10.0 Å². The Kier molecular flexibility index (Phi) is 7.05. The Labute approximate surface area is 178 Å². The van der Waals surface area contributed by atoms with Gasteiger partial charge in [0, 0.05) is 44.2 Å². The fourth-order valence-corrected chi connectivity index (χ4v) is 6.74. The van der Waals surface area contributed by atoms with Gasteiger partial charge in [0.05, 0.1) is 12.2 Å². The summed E-state index contributed by atoms with van der Waals surface area (Å²) in [4.78, 5) is 15.1. The maximum Gasteiger partial charge on any atom is 0.252 e. The normalized spacial score (nSPS) is 25.8. The van der Waals surface area contributed by atoms with Crippen molar-refractivity contribution in [3.63, 3.8) is 0 Å². The monoisotopic (exact) mass is 443 g/mol. The van der Waals surface area contributed by atoms with Crippen molar-refractivity contribution in [3.8, 4) is 0 Å². The number of carbonyl (C=O) groups is 1. The van der Waals surface area contributed by atoms with Crippen LogP contribution in [0.5, 0.6) is 0 Å². The molecule has 1 amide bonds. The highest BCUT2D eigenvalue weighted by Gasteiger charge is 2.35. The van der Waals surface area contributed by atoms with E-state index in [1.54, 1.807) is 17.5 Å². The zero-order valence-corrected chi connectivity index (χ0v) is 19.4. The lowest BCUT2D eigenvalue weighted by molar-refractivity contribution is -0.127. The second-order valence-electron chi connectivity index (χ2n) is 8.80. The maximum absolute atomic E-state index is 12.7. The van der Waals surface area contributed by atoms with Crippen LogP contribution in [0.15, 0.2) is 21.7 Å². The lowest BCUT2D eigenvalue weighted by Crippen LogP contribution is -2.59. The topological polar surface area (TPSA) is 79.0 Å². The van der Waals surface area contributed by atoms with Gasteiger partial charge in [0.2, 0.25) is 5.91 Å². The third-order valence-electron chi connectivity index (χ3n) is 5.88. The molecule has 0 aliphatic carbocycles. The van der Waals surface area contributed by atoms with Crippen LogP contribution in [0.25, 0.3) is 0 Å². The van der Waals surface area contributed by atoms with Gasteiger partial charge >= 0.3 is 0 Å². The molecule has 29 heavy (non-hydrogen) atoms. The summed E-state index contributed by atoms with van der Waals surface area (Å²) in [6.07, 6.45) is 1.48. The minimum Gasteiger partial charge on any atom is -0.373 e. The summed E-state index contributed by atoms with van der Waals surface area (Å²) in [5.74, 6) is -0.108. The maximum atomic E-state index is 12.7. The quantitative estimate of drug-likeness (QED) is 0.729. The van der Waals surface area contributed by atoms with Crippen LogP contribution in [0.4, 0.5) is 0 Å². The smallest absolute Gasteiger partial charge is 0.252 e. The van der Waals surface area contributed by atoms with Gasteiger partial charge in [-0.15, -0.1) is 11.3 Å². The van der Waals surface area contributed by atoms with Crippen LogP contribution >= 0.6 is 11.3 Å². The van der Waals surface area contributed by atoms with E-state index in [9.17, 15) is 13.2 Å². The van der Waals surface area contributed by atoms with Crippen LogP contribution in [0.1, 0.15) is 40.5 Å². The summed E-state index contributed by atoms with van der Waals surface area (Å²) < 4.78 is 32.9. The van der Waals surface area contributed by atoms with E-state index in [2.05, 4.69) is 37.9 Å². The number of amides is 1. The molecule has 0 bridgehead atoms. The predicted octanol–water partition coefficient (Wildman–Crippen LogP) is 2.15. The molecule has 2 atom stereocenters. The second-order valence-corrected chi connectivity index (χ2v) is 11.9. The SMILES string of the molecule is C[C@@H]1CN(C(C)(C)CNC(=O)C2CCN(S(=O)(=O)c3cccs3)CC2)C[C@H](C)O1. The summed E-state index contributed by atoms with van der Waals surface area (Å²) in [6.45, 7) is 11.5. The number of rotatable bonds is 6. The zero-order chi connectivity index (χ0) is 21.2. The number of nitrogens with one attached hydrogen (secondary N) is 1. The molecule has 0 unspecified atom stereocenters. The van der Waals surface area contributed by atoms with Crippen molar-refractivity contribution in [2.75, 3.05) is 32.7 Å². The van der Waals surface area contributed by atoms with Crippen LogP contribution in [0.3, 0.4) is 0 Å². The first kappa shape index (κ1) is 22.7. The molecule has 1 aromatic heterocycles. The number of hydrogen-bond donors (Lipinski definition) is 1. The molecule has 3 heterocycles. The van der Waals surface area contributed by atoms with Gasteiger partial charge in [-0.3, -0.25) is 9.69 Å². The predicted molar refractivity (Wildman–Crippen MR) is 114 cm³/mol. The minimum atomic E-state index is -3.43. The highest BCUT2D eigenvalue weighted by molar-refractivity contribution is 7.91. The van der Waals surface area contributed by atoms with Crippen molar-refractivity contribution in [3.05, 3.63) is 17.5 Å². The van der Waals surface area contributed by atoms with Crippen LogP contribution in [0, 0.1) is 5.92 Å². The van der Waals surface area contributed by atoms with E-state index in [1.807, 2.05) is 0 Å². The van der Waals surface area contributed by atoms with Crippen LogP contribution < -0.4 is 5.32 Å². The molecule has 1 N–H and O–H groups in total. The van der Waals surface area contributed by atoms with E-state index in [0.29, 0.717) is 36.7 Å². The molecule has 0 spiro atoms. The van der Waals surface area contributed by atoms with E-state index in [0.717, 1.165) is 13.1 Å². The third kappa shape index (κ3) is 5.38. The Morgan fingerprint density at radius 2 is 1.86 bits per heavy atom. The first-order valence-corrected chi connectivity index (χ1v) is 12.6. The highest BCUT2D eigenvalue weighted by Crippen LogP contribution is 2.27. The van der Waals surface area contributed by atoms with Gasteiger partial charge in [0.1, 0.15) is 4.21 Å². The van der Waals surface area contributed by atoms with Gasteiger partial charge < -0.3 is 10.1 Å². The van der Waals surface area contributed by atoms with Crippen LogP contribution in [0.2, 0.25) is 0 Å². The molecule has 2 saturated heterocycles. The largest absolute Gasteiger partial charge is 0.373 e. The summed E-state index contributed by atoms with van der Waals surface area (Å²) in [5, 5.41) is 4.88. The molecule has 2 aliphatic rings. The Morgan fingerprint density at radius 1 is 1.24 bits per heavy atom. The highest BCUT2D eigenvalue weighted by atomic mass is 32.2. The number of piperidine rings is 1.